The van der Waals surface area contributed by atoms with Crippen LogP contribution in [0.2, 0.25) is 0 Å². The smallest absolute Gasteiger partial charge is 0.270 e. The van der Waals surface area contributed by atoms with Crippen LogP contribution >= 0.6 is 0 Å². The molecule has 0 aromatic heterocycles. The van der Waals surface area contributed by atoms with Crippen LogP contribution in [0.5, 0.6) is 0 Å². The van der Waals surface area contributed by atoms with Gasteiger partial charge in [-0.3, -0.25) is 10.1 Å². The third-order valence-electron chi connectivity index (χ3n) is 3.97. The van der Waals surface area contributed by atoms with Gasteiger partial charge in [-0.25, -0.2) is 8.42 Å². The number of non-ortho nitro benzene ring substituents is 1. The molecule has 21 heavy (non-hydrogen) atoms. The zero-order chi connectivity index (χ0) is 15.6. The lowest BCUT2D eigenvalue weighted by Crippen LogP contribution is -2.25. The van der Waals surface area contributed by atoms with Crippen molar-refractivity contribution in [3.63, 3.8) is 0 Å². The first-order valence-corrected chi connectivity index (χ1v) is 8.88. The van der Waals surface area contributed by atoms with Crippen LogP contribution in [0, 0.1) is 16.0 Å². The first-order valence-electron chi connectivity index (χ1n) is 6.98. The van der Waals surface area contributed by atoms with E-state index in [2.05, 4.69) is 0 Å². The Kier molecular flexibility index (Phi) is 4.51. The van der Waals surface area contributed by atoms with Gasteiger partial charge in [0.2, 0.25) is 0 Å². The van der Waals surface area contributed by atoms with Crippen molar-refractivity contribution >= 4 is 21.2 Å². The molecular formula is C14H20N2O4S. The number of nitrogens with zero attached hydrogens (tertiary/aromatic N) is 2. The minimum atomic E-state index is -3.51. The molecule has 6 nitrogen and oxygen atoms in total. The maximum atomic E-state index is 11.9. The lowest BCUT2D eigenvalue weighted by molar-refractivity contribution is -0.385. The summed E-state index contributed by atoms with van der Waals surface area (Å²) in [4.78, 5) is 12.2. The predicted octanol–water partition coefficient (Wildman–Crippen LogP) is 2.62. The number of sulfone groups is 1. The topological polar surface area (TPSA) is 80.5 Å². The zero-order valence-electron chi connectivity index (χ0n) is 12.3. The molecular weight excluding hydrogens is 292 g/mol. The highest BCUT2D eigenvalue weighted by molar-refractivity contribution is 7.90. The van der Waals surface area contributed by atoms with Crippen molar-refractivity contribution in [1.82, 2.24) is 0 Å². The standard InChI is InChI=1S/C14H20N2O4S/c1-15(10-11-5-3-4-6-11)13-8-7-12(16(17)18)9-14(13)21(2,19)20/h7-9,11H,3-6,10H2,1-2H3. The van der Waals surface area contributed by atoms with Gasteiger partial charge in [-0.1, -0.05) is 12.8 Å². The molecule has 0 amide bonds. The minimum Gasteiger partial charge on any atom is -0.373 e. The Morgan fingerprint density at radius 2 is 1.95 bits per heavy atom. The van der Waals surface area contributed by atoms with E-state index < -0.39 is 14.8 Å². The van der Waals surface area contributed by atoms with Crippen LogP contribution in [0.4, 0.5) is 11.4 Å². The van der Waals surface area contributed by atoms with E-state index in [9.17, 15) is 18.5 Å². The monoisotopic (exact) mass is 312 g/mol. The van der Waals surface area contributed by atoms with Crippen molar-refractivity contribution in [2.45, 2.75) is 30.6 Å². The predicted molar refractivity (Wildman–Crippen MR) is 81.4 cm³/mol. The van der Waals surface area contributed by atoms with Crippen molar-refractivity contribution < 1.29 is 13.3 Å². The third kappa shape index (κ3) is 3.72. The molecule has 1 fully saturated rings. The van der Waals surface area contributed by atoms with Crippen molar-refractivity contribution in [1.29, 1.82) is 0 Å². The average Bonchev–Trinajstić information content (AvgIpc) is 2.89. The summed E-state index contributed by atoms with van der Waals surface area (Å²) in [6.07, 6.45) is 5.84. The van der Waals surface area contributed by atoms with Crippen LogP contribution in [-0.4, -0.2) is 33.2 Å². The van der Waals surface area contributed by atoms with E-state index >= 15 is 0 Å². The van der Waals surface area contributed by atoms with Gasteiger partial charge in [0.25, 0.3) is 5.69 Å². The summed E-state index contributed by atoms with van der Waals surface area (Å²) in [5.74, 6) is 0.567. The molecule has 0 unspecified atom stereocenters. The molecule has 0 spiro atoms. The lowest BCUT2D eigenvalue weighted by atomic mass is 10.1. The minimum absolute atomic E-state index is 0.0252. The van der Waals surface area contributed by atoms with Gasteiger partial charge in [-0.05, 0) is 24.8 Å². The summed E-state index contributed by atoms with van der Waals surface area (Å²) in [5.41, 5.74) is 0.337. The normalized spacial score (nSPS) is 16.1. The first kappa shape index (κ1) is 15.8. The second-order valence-corrected chi connectivity index (χ2v) is 7.70. The fourth-order valence-corrected chi connectivity index (χ4v) is 3.85. The van der Waals surface area contributed by atoms with E-state index in [0.29, 0.717) is 11.6 Å². The summed E-state index contributed by atoms with van der Waals surface area (Å²) in [6, 6.07) is 4.04. The molecule has 1 aromatic carbocycles. The van der Waals surface area contributed by atoms with Crippen LogP contribution in [0.25, 0.3) is 0 Å². The maximum absolute atomic E-state index is 11.9. The van der Waals surface area contributed by atoms with Crippen molar-refractivity contribution in [3.8, 4) is 0 Å². The fraction of sp³-hybridized carbons (Fsp3) is 0.571. The Morgan fingerprint density at radius 3 is 2.48 bits per heavy atom. The molecule has 116 valence electrons. The number of rotatable bonds is 5. The molecule has 0 N–H and O–H groups in total. The highest BCUT2D eigenvalue weighted by Gasteiger charge is 2.23. The Morgan fingerprint density at radius 1 is 1.33 bits per heavy atom. The summed E-state index contributed by atoms with van der Waals surface area (Å²) in [6.45, 7) is 0.778. The van der Waals surface area contributed by atoms with Gasteiger partial charge in [-0.2, -0.15) is 0 Å². The average molecular weight is 312 g/mol. The Balaban J connectivity index is 2.35. The number of hydrogen-bond acceptors (Lipinski definition) is 5. The number of benzene rings is 1. The van der Waals surface area contributed by atoms with E-state index in [1.54, 1.807) is 0 Å². The molecule has 0 atom stereocenters. The Hall–Kier alpha value is -1.63. The number of nitro groups is 1. The van der Waals surface area contributed by atoms with Crippen LogP contribution in [0.3, 0.4) is 0 Å². The maximum Gasteiger partial charge on any atom is 0.270 e. The summed E-state index contributed by atoms with van der Waals surface area (Å²) < 4.78 is 23.8. The molecule has 0 radical (unpaired) electrons. The first-order chi connectivity index (χ1) is 9.79. The SMILES string of the molecule is CN(CC1CCCC1)c1ccc([N+](=O)[O-])cc1S(C)(=O)=O. The molecule has 0 aliphatic heterocycles. The molecule has 1 aliphatic rings. The second-order valence-electron chi connectivity index (χ2n) is 5.71. The van der Waals surface area contributed by atoms with Crippen LogP contribution in [0.1, 0.15) is 25.7 Å². The van der Waals surface area contributed by atoms with Gasteiger partial charge in [0.1, 0.15) is 0 Å². The summed E-state index contributed by atoms with van der Waals surface area (Å²) >= 11 is 0. The molecule has 0 bridgehead atoms. The molecule has 1 aromatic rings. The zero-order valence-corrected chi connectivity index (χ0v) is 13.1. The molecule has 7 heteroatoms. The van der Waals surface area contributed by atoms with E-state index in [0.717, 1.165) is 31.7 Å². The molecule has 2 rings (SSSR count). The highest BCUT2D eigenvalue weighted by Crippen LogP contribution is 2.31. The molecule has 1 aliphatic carbocycles. The quantitative estimate of drug-likeness (QED) is 0.616. The van der Waals surface area contributed by atoms with Gasteiger partial charge in [0.15, 0.2) is 9.84 Å². The van der Waals surface area contributed by atoms with E-state index in [-0.39, 0.29) is 10.6 Å². The highest BCUT2D eigenvalue weighted by atomic mass is 32.2. The largest absolute Gasteiger partial charge is 0.373 e. The van der Waals surface area contributed by atoms with Gasteiger partial charge in [-0.15, -0.1) is 0 Å². The van der Waals surface area contributed by atoms with Gasteiger partial charge >= 0.3 is 0 Å². The third-order valence-corrected chi connectivity index (χ3v) is 5.10. The Labute approximate surface area is 124 Å². The summed E-state index contributed by atoms with van der Waals surface area (Å²) in [7, 11) is -1.67. The number of nitro benzene ring substituents is 1. The number of hydrogen-bond donors (Lipinski definition) is 0. The van der Waals surface area contributed by atoms with Crippen molar-refractivity contribution in [2.24, 2.45) is 5.92 Å². The Bertz CT molecular complexity index is 636. The van der Waals surface area contributed by atoms with Crippen LogP contribution in [-0.2, 0) is 9.84 Å². The van der Waals surface area contributed by atoms with Crippen molar-refractivity contribution in [3.05, 3.63) is 28.3 Å². The molecule has 1 saturated carbocycles. The lowest BCUT2D eigenvalue weighted by Gasteiger charge is -2.24. The van der Waals surface area contributed by atoms with E-state index in [1.165, 1.54) is 25.0 Å². The van der Waals surface area contributed by atoms with Crippen LogP contribution < -0.4 is 4.90 Å². The number of anilines is 1. The van der Waals surface area contributed by atoms with Crippen molar-refractivity contribution in [2.75, 3.05) is 24.7 Å². The second kappa shape index (κ2) is 6.01. The van der Waals surface area contributed by atoms with Gasteiger partial charge < -0.3 is 4.90 Å². The van der Waals surface area contributed by atoms with E-state index in [1.807, 2.05) is 11.9 Å². The fourth-order valence-electron chi connectivity index (χ4n) is 2.91. The van der Waals surface area contributed by atoms with E-state index in [4.69, 9.17) is 0 Å². The van der Waals surface area contributed by atoms with Crippen LogP contribution in [0.15, 0.2) is 23.1 Å². The van der Waals surface area contributed by atoms with Gasteiger partial charge in [0, 0.05) is 32.0 Å². The van der Waals surface area contributed by atoms with Gasteiger partial charge in [0.05, 0.1) is 15.5 Å². The summed E-state index contributed by atoms with van der Waals surface area (Å²) in [5, 5.41) is 10.8. The molecule has 0 heterocycles. The molecule has 0 saturated heterocycles.